The molecule has 0 bridgehead atoms. The van der Waals surface area contributed by atoms with E-state index in [0.717, 1.165) is 25.2 Å². The van der Waals surface area contributed by atoms with Gasteiger partial charge in [-0.05, 0) is 31.5 Å². The Labute approximate surface area is 114 Å². The van der Waals surface area contributed by atoms with Crippen LogP contribution in [0, 0.1) is 0 Å². The summed E-state index contributed by atoms with van der Waals surface area (Å²) in [6.07, 6.45) is 0.514. The smallest absolute Gasteiger partial charge is 0.337 e. The van der Waals surface area contributed by atoms with Gasteiger partial charge < -0.3 is 9.47 Å². The molecule has 19 heavy (non-hydrogen) atoms. The summed E-state index contributed by atoms with van der Waals surface area (Å²) >= 11 is 0. The van der Waals surface area contributed by atoms with Gasteiger partial charge in [0.05, 0.1) is 24.9 Å². The van der Waals surface area contributed by atoms with Gasteiger partial charge in [0.25, 0.3) is 0 Å². The molecule has 1 aliphatic rings. The lowest BCUT2D eigenvalue weighted by Crippen LogP contribution is -2.44. The maximum atomic E-state index is 11.5. The van der Waals surface area contributed by atoms with Crippen molar-refractivity contribution in [2.24, 2.45) is 0 Å². The van der Waals surface area contributed by atoms with Gasteiger partial charge in [-0.25, -0.2) is 4.79 Å². The summed E-state index contributed by atoms with van der Waals surface area (Å²) in [5, 5.41) is 0. The normalized spacial score (nSPS) is 24.2. The van der Waals surface area contributed by atoms with Gasteiger partial charge in [0.1, 0.15) is 0 Å². The highest BCUT2D eigenvalue weighted by Crippen LogP contribution is 2.15. The number of benzene rings is 1. The number of esters is 1. The number of morpholine rings is 1. The van der Waals surface area contributed by atoms with E-state index in [-0.39, 0.29) is 18.2 Å². The molecule has 0 aromatic heterocycles. The zero-order valence-corrected chi connectivity index (χ0v) is 11.8. The number of rotatable bonds is 3. The summed E-state index contributed by atoms with van der Waals surface area (Å²) in [7, 11) is 1.40. The standard InChI is InChI=1S/C15H21NO3/c1-11-8-16(9-12(2)19-11)10-13-5-4-6-14(7-13)15(17)18-3/h4-7,11-12H,8-10H2,1-3H3. The number of hydrogen-bond acceptors (Lipinski definition) is 4. The lowest BCUT2D eigenvalue weighted by atomic mass is 10.1. The average Bonchev–Trinajstić information content (AvgIpc) is 2.37. The molecule has 0 N–H and O–H groups in total. The van der Waals surface area contributed by atoms with Crippen molar-refractivity contribution in [1.82, 2.24) is 4.90 Å². The third kappa shape index (κ3) is 3.78. The molecule has 4 nitrogen and oxygen atoms in total. The van der Waals surface area contributed by atoms with Crippen LogP contribution in [-0.2, 0) is 16.0 Å². The van der Waals surface area contributed by atoms with E-state index in [0.29, 0.717) is 5.56 Å². The van der Waals surface area contributed by atoms with Gasteiger partial charge in [-0.3, -0.25) is 4.90 Å². The third-order valence-electron chi connectivity index (χ3n) is 3.25. The maximum Gasteiger partial charge on any atom is 0.337 e. The number of carbonyl (C=O) groups is 1. The highest BCUT2D eigenvalue weighted by atomic mass is 16.5. The fraction of sp³-hybridized carbons (Fsp3) is 0.533. The Morgan fingerprint density at radius 3 is 2.68 bits per heavy atom. The molecule has 0 spiro atoms. The number of carbonyl (C=O) groups excluding carboxylic acids is 1. The Morgan fingerprint density at radius 1 is 1.37 bits per heavy atom. The lowest BCUT2D eigenvalue weighted by Gasteiger charge is -2.35. The molecule has 1 heterocycles. The zero-order valence-electron chi connectivity index (χ0n) is 11.8. The van der Waals surface area contributed by atoms with Gasteiger partial charge in [0, 0.05) is 19.6 Å². The Bertz CT molecular complexity index is 437. The van der Waals surface area contributed by atoms with Crippen LogP contribution in [0.1, 0.15) is 29.8 Å². The van der Waals surface area contributed by atoms with Gasteiger partial charge in [-0.1, -0.05) is 12.1 Å². The molecule has 2 atom stereocenters. The number of hydrogen-bond donors (Lipinski definition) is 0. The van der Waals surface area contributed by atoms with Crippen LogP contribution in [0.3, 0.4) is 0 Å². The van der Waals surface area contributed by atoms with E-state index in [4.69, 9.17) is 9.47 Å². The molecule has 1 aromatic rings. The van der Waals surface area contributed by atoms with Crippen molar-refractivity contribution in [3.05, 3.63) is 35.4 Å². The van der Waals surface area contributed by atoms with Crippen LogP contribution >= 0.6 is 0 Å². The molecule has 0 radical (unpaired) electrons. The summed E-state index contributed by atoms with van der Waals surface area (Å²) < 4.78 is 10.5. The predicted octanol–water partition coefficient (Wildman–Crippen LogP) is 2.08. The molecule has 1 saturated heterocycles. The van der Waals surface area contributed by atoms with Gasteiger partial charge in [-0.2, -0.15) is 0 Å². The van der Waals surface area contributed by atoms with Gasteiger partial charge >= 0.3 is 5.97 Å². The monoisotopic (exact) mass is 263 g/mol. The molecule has 0 saturated carbocycles. The van der Waals surface area contributed by atoms with Gasteiger partial charge in [0.15, 0.2) is 0 Å². The Morgan fingerprint density at radius 2 is 2.05 bits per heavy atom. The first-order chi connectivity index (χ1) is 9.08. The second kappa shape index (κ2) is 6.17. The quantitative estimate of drug-likeness (QED) is 0.783. The fourth-order valence-electron chi connectivity index (χ4n) is 2.59. The minimum Gasteiger partial charge on any atom is -0.465 e. The molecule has 0 amide bonds. The Balaban J connectivity index is 2.04. The van der Waals surface area contributed by atoms with E-state index in [1.54, 1.807) is 6.07 Å². The van der Waals surface area contributed by atoms with Crippen LogP contribution in [0.25, 0.3) is 0 Å². The van der Waals surface area contributed by atoms with E-state index >= 15 is 0 Å². The van der Waals surface area contributed by atoms with Gasteiger partial charge in [-0.15, -0.1) is 0 Å². The first-order valence-corrected chi connectivity index (χ1v) is 6.63. The molecule has 2 unspecified atom stereocenters. The second-order valence-corrected chi connectivity index (χ2v) is 5.14. The fourth-order valence-corrected chi connectivity index (χ4v) is 2.59. The Hall–Kier alpha value is -1.39. The first kappa shape index (κ1) is 14.0. The minimum absolute atomic E-state index is 0.257. The topological polar surface area (TPSA) is 38.8 Å². The summed E-state index contributed by atoms with van der Waals surface area (Å²) in [6.45, 7) is 6.86. The molecular formula is C15H21NO3. The molecule has 1 aliphatic heterocycles. The van der Waals surface area contributed by atoms with Crippen molar-refractivity contribution in [3.63, 3.8) is 0 Å². The first-order valence-electron chi connectivity index (χ1n) is 6.63. The highest BCUT2D eigenvalue weighted by molar-refractivity contribution is 5.89. The lowest BCUT2D eigenvalue weighted by molar-refractivity contribution is -0.0705. The SMILES string of the molecule is COC(=O)c1cccc(CN2CC(C)OC(C)C2)c1. The molecule has 104 valence electrons. The molecule has 4 heteroatoms. The average molecular weight is 263 g/mol. The predicted molar refractivity (Wildman–Crippen MR) is 73.1 cm³/mol. The van der Waals surface area contributed by atoms with Crippen molar-refractivity contribution < 1.29 is 14.3 Å². The van der Waals surface area contributed by atoms with Crippen LogP contribution < -0.4 is 0 Å². The van der Waals surface area contributed by atoms with Crippen LogP contribution in [0.2, 0.25) is 0 Å². The molecule has 0 aliphatic carbocycles. The molecule has 2 rings (SSSR count). The van der Waals surface area contributed by atoms with Crippen LogP contribution in [0.4, 0.5) is 0 Å². The van der Waals surface area contributed by atoms with E-state index in [2.05, 4.69) is 18.7 Å². The van der Waals surface area contributed by atoms with Crippen LogP contribution in [0.5, 0.6) is 0 Å². The van der Waals surface area contributed by atoms with E-state index in [1.165, 1.54) is 7.11 Å². The molecule has 1 aromatic carbocycles. The van der Waals surface area contributed by atoms with E-state index < -0.39 is 0 Å². The van der Waals surface area contributed by atoms with Crippen molar-refractivity contribution in [1.29, 1.82) is 0 Å². The van der Waals surface area contributed by atoms with Crippen LogP contribution in [0.15, 0.2) is 24.3 Å². The summed E-state index contributed by atoms with van der Waals surface area (Å²) in [5.74, 6) is -0.287. The highest BCUT2D eigenvalue weighted by Gasteiger charge is 2.22. The van der Waals surface area contributed by atoms with Crippen molar-refractivity contribution in [2.45, 2.75) is 32.6 Å². The minimum atomic E-state index is -0.287. The maximum absolute atomic E-state index is 11.5. The van der Waals surface area contributed by atoms with Crippen molar-refractivity contribution in [3.8, 4) is 0 Å². The summed E-state index contributed by atoms with van der Waals surface area (Å²) in [4.78, 5) is 13.9. The zero-order chi connectivity index (χ0) is 13.8. The van der Waals surface area contributed by atoms with E-state index in [9.17, 15) is 4.79 Å². The van der Waals surface area contributed by atoms with E-state index in [1.807, 2.05) is 18.2 Å². The second-order valence-electron chi connectivity index (χ2n) is 5.14. The van der Waals surface area contributed by atoms with Crippen LogP contribution in [-0.4, -0.2) is 43.3 Å². The Kier molecular flexibility index (Phi) is 4.56. The molecule has 1 fully saturated rings. The number of methoxy groups -OCH3 is 1. The number of ether oxygens (including phenoxy) is 2. The van der Waals surface area contributed by atoms with Crippen molar-refractivity contribution in [2.75, 3.05) is 20.2 Å². The van der Waals surface area contributed by atoms with Crippen molar-refractivity contribution >= 4 is 5.97 Å². The number of nitrogens with zero attached hydrogens (tertiary/aromatic N) is 1. The summed E-state index contributed by atoms with van der Waals surface area (Å²) in [5.41, 5.74) is 1.73. The van der Waals surface area contributed by atoms with Gasteiger partial charge in [0.2, 0.25) is 0 Å². The third-order valence-corrected chi connectivity index (χ3v) is 3.25. The summed E-state index contributed by atoms with van der Waals surface area (Å²) in [6, 6.07) is 7.61. The molecular weight excluding hydrogens is 242 g/mol. The largest absolute Gasteiger partial charge is 0.465 e.